The van der Waals surface area contributed by atoms with Gasteiger partial charge in [0.15, 0.2) is 0 Å². The second-order valence-electron chi connectivity index (χ2n) is 4.18. The van der Waals surface area contributed by atoms with Crippen molar-refractivity contribution in [1.82, 2.24) is 5.32 Å². The highest BCUT2D eigenvalue weighted by Crippen LogP contribution is 2.34. The molecule has 1 N–H and O–H groups in total. The summed E-state index contributed by atoms with van der Waals surface area (Å²) in [6.45, 7) is 3.36. The molecule has 1 heterocycles. The van der Waals surface area contributed by atoms with Gasteiger partial charge >= 0.3 is 0 Å². The molecule has 0 radical (unpaired) electrons. The summed E-state index contributed by atoms with van der Waals surface area (Å²) in [7, 11) is 0. The third kappa shape index (κ3) is 2.18. The van der Waals surface area contributed by atoms with Crippen LogP contribution in [0.2, 0.25) is 0 Å². The summed E-state index contributed by atoms with van der Waals surface area (Å²) < 4.78 is 5.44. The molecule has 0 saturated heterocycles. The Balaban J connectivity index is 1.83. The number of furan rings is 1. The lowest BCUT2D eigenvalue weighted by atomic mass is 10.1. The largest absolute Gasteiger partial charge is 0.469 e. The Kier molecular flexibility index (Phi) is 3.25. The number of nitrogens with one attached hydrogen (secondary N) is 1. The maximum absolute atomic E-state index is 5.44. The van der Waals surface area contributed by atoms with Gasteiger partial charge in [-0.05, 0) is 44.4 Å². The Labute approximate surface area is 85.7 Å². The topological polar surface area (TPSA) is 25.2 Å². The van der Waals surface area contributed by atoms with E-state index in [0.29, 0.717) is 12.0 Å². The monoisotopic (exact) mass is 193 g/mol. The molecule has 2 unspecified atom stereocenters. The molecule has 1 saturated carbocycles. The molecule has 1 aromatic heterocycles. The lowest BCUT2D eigenvalue weighted by Crippen LogP contribution is -2.26. The van der Waals surface area contributed by atoms with E-state index in [1.807, 2.05) is 6.07 Å². The first kappa shape index (κ1) is 9.78. The van der Waals surface area contributed by atoms with Crippen LogP contribution in [0, 0.1) is 0 Å². The fraction of sp³-hybridized carbons (Fsp3) is 0.667. The summed E-state index contributed by atoms with van der Waals surface area (Å²) >= 11 is 0. The van der Waals surface area contributed by atoms with E-state index in [2.05, 4.69) is 18.3 Å². The van der Waals surface area contributed by atoms with E-state index in [4.69, 9.17) is 4.42 Å². The zero-order valence-corrected chi connectivity index (χ0v) is 8.83. The zero-order valence-electron chi connectivity index (χ0n) is 8.83. The van der Waals surface area contributed by atoms with Gasteiger partial charge in [-0.1, -0.05) is 6.92 Å². The fourth-order valence-electron chi connectivity index (χ4n) is 2.30. The van der Waals surface area contributed by atoms with Gasteiger partial charge in [-0.2, -0.15) is 0 Å². The minimum absolute atomic E-state index is 0.652. The molecule has 1 fully saturated rings. The van der Waals surface area contributed by atoms with Gasteiger partial charge in [0.05, 0.1) is 6.26 Å². The van der Waals surface area contributed by atoms with E-state index in [1.165, 1.54) is 31.4 Å². The van der Waals surface area contributed by atoms with Gasteiger partial charge in [0, 0.05) is 12.0 Å². The van der Waals surface area contributed by atoms with Crippen molar-refractivity contribution in [2.45, 2.75) is 44.6 Å². The first-order chi connectivity index (χ1) is 6.90. The average molecular weight is 193 g/mol. The smallest absolute Gasteiger partial charge is 0.106 e. The van der Waals surface area contributed by atoms with Crippen LogP contribution in [-0.4, -0.2) is 12.6 Å². The maximum Gasteiger partial charge on any atom is 0.106 e. The first-order valence-electron chi connectivity index (χ1n) is 5.67. The van der Waals surface area contributed by atoms with Gasteiger partial charge in [-0.15, -0.1) is 0 Å². The van der Waals surface area contributed by atoms with Gasteiger partial charge in [-0.3, -0.25) is 0 Å². The zero-order chi connectivity index (χ0) is 9.80. The minimum atomic E-state index is 0.652. The minimum Gasteiger partial charge on any atom is -0.469 e. The summed E-state index contributed by atoms with van der Waals surface area (Å²) in [4.78, 5) is 0. The molecule has 1 aromatic rings. The molecule has 0 aromatic carbocycles. The predicted octanol–water partition coefficient (Wildman–Crippen LogP) is 2.92. The molecular formula is C12H19NO. The van der Waals surface area contributed by atoms with Gasteiger partial charge in [0.2, 0.25) is 0 Å². The lowest BCUT2D eigenvalue weighted by molar-refractivity contribution is 0.452. The Hall–Kier alpha value is -0.760. The van der Waals surface area contributed by atoms with Crippen LogP contribution in [0.25, 0.3) is 0 Å². The van der Waals surface area contributed by atoms with Gasteiger partial charge < -0.3 is 9.73 Å². The van der Waals surface area contributed by atoms with Crippen molar-refractivity contribution in [3.63, 3.8) is 0 Å². The first-order valence-corrected chi connectivity index (χ1v) is 5.67. The normalized spacial score (nSPS) is 26.9. The molecule has 2 atom stereocenters. The SMILES string of the molecule is CCCNC1CCC(c2ccco2)C1. The average Bonchev–Trinajstić information content (AvgIpc) is 2.85. The van der Waals surface area contributed by atoms with Crippen molar-refractivity contribution < 1.29 is 4.42 Å². The van der Waals surface area contributed by atoms with E-state index in [9.17, 15) is 0 Å². The van der Waals surface area contributed by atoms with Crippen LogP contribution >= 0.6 is 0 Å². The molecule has 2 heteroatoms. The molecule has 0 spiro atoms. The molecule has 0 aliphatic heterocycles. The Bertz CT molecular complexity index is 255. The number of hydrogen-bond donors (Lipinski definition) is 1. The summed E-state index contributed by atoms with van der Waals surface area (Å²) in [6.07, 6.45) is 6.82. The predicted molar refractivity (Wildman–Crippen MR) is 57.4 cm³/mol. The molecule has 2 nitrogen and oxygen atoms in total. The van der Waals surface area contributed by atoms with Crippen LogP contribution < -0.4 is 5.32 Å². The highest BCUT2D eigenvalue weighted by molar-refractivity contribution is 5.08. The quantitative estimate of drug-likeness (QED) is 0.795. The van der Waals surface area contributed by atoms with E-state index >= 15 is 0 Å². The standard InChI is InChI=1S/C12H19NO/c1-2-7-13-11-6-5-10(9-11)12-4-3-8-14-12/h3-4,8,10-11,13H,2,5-7,9H2,1H3. The number of rotatable bonds is 4. The maximum atomic E-state index is 5.44. The van der Waals surface area contributed by atoms with E-state index < -0.39 is 0 Å². The Morgan fingerprint density at radius 3 is 3.14 bits per heavy atom. The van der Waals surface area contributed by atoms with Crippen molar-refractivity contribution in [2.24, 2.45) is 0 Å². The second-order valence-corrected chi connectivity index (χ2v) is 4.18. The Morgan fingerprint density at radius 2 is 2.43 bits per heavy atom. The van der Waals surface area contributed by atoms with Crippen molar-refractivity contribution in [1.29, 1.82) is 0 Å². The molecule has 1 aliphatic carbocycles. The highest BCUT2D eigenvalue weighted by Gasteiger charge is 2.26. The van der Waals surface area contributed by atoms with E-state index in [0.717, 1.165) is 6.54 Å². The van der Waals surface area contributed by atoms with Gasteiger partial charge in [0.25, 0.3) is 0 Å². The second kappa shape index (κ2) is 4.65. The number of hydrogen-bond acceptors (Lipinski definition) is 2. The van der Waals surface area contributed by atoms with Crippen LogP contribution in [0.1, 0.15) is 44.3 Å². The molecular weight excluding hydrogens is 174 g/mol. The van der Waals surface area contributed by atoms with E-state index in [-0.39, 0.29) is 0 Å². The molecule has 14 heavy (non-hydrogen) atoms. The van der Waals surface area contributed by atoms with Crippen LogP contribution in [0.5, 0.6) is 0 Å². The molecule has 78 valence electrons. The van der Waals surface area contributed by atoms with Crippen LogP contribution in [0.15, 0.2) is 22.8 Å². The third-order valence-electron chi connectivity index (χ3n) is 3.06. The van der Waals surface area contributed by atoms with Crippen LogP contribution in [-0.2, 0) is 0 Å². The lowest BCUT2D eigenvalue weighted by Gasteiger charge is -2.11. The highest BCUT2D eigenvalue weighted by atomic mass is 16.3. The summed E-state index contributed by atoms with van der Waals surface area (Å²) in [5.74, 6) is 1.82. The third-order valence-corrected chi connectivity index (χ3v) is 3.06. The van der Waals surface area contributed by atoms with Crippen molar-refractivity contribution >= 4 is 0 Å². The molecule has 2 rings (SSSR count). The summed E-state index contributed by atoms with van der Waals surface area (Å²) in [5, 5.41) is 3.58. The van der Waals surface area contributed by atoms with Crippen molar-refractivity contribution in [2.75, 3.05) is 6.54 Å². The van der Waals surface area contributed by atoms with Gasteiger partial charge in [-0.25, -0.2) is 0 Å². The van der Waals surface area contributed by atoms with Crippen molar-refractivity contribution in [3.05, 3.63) is 24.2 Å². The summed E-state index contributed by atoms with van der Waals surface area (Å²) in [5.41, 5.74) is 0. The van der Waals surface area contributed by atoms with Crippen molar-refractivity contribution in [3.8, 4) is 0 Å². The molecule has 0 bridgehead atoms. The molecule has 1 aliphatic rings. The van der Waals surface area contributed by atoms with Crippen LogP contribution in [0.3, 0.4) is 0 Å². The fourth-order valence-corrected chi connectivity index (χ4v) is 2.30. The molecule has 0 amide bonds. The van der Waals surface area contributed by atoms with Gasteiger partial charge in [0.1, 0.15) is 5.76 Å². The van der Waals surface area contributed by atoms with E-state index in [1.54, 1.807) is 6.26 Å². The van der Waals surface area contributed by atoms with Crippen LogP contribution in [0.4, 0.5) is 0 Å². The summed E-state index contributed by atoms with van der Waals surface area (Å²) in [6, 6.07) is 4.81. The Morgan fingerprint density at radius 1 is 1.50 bits per heavy atom.